The molecule has 0 aromatic heterocycles. The van der Waals surface area contributed by atoms with Crippen LogP contribution in [-0.2, 0) is 4.79 Å². The van der Waals surface area contributed by atoms with Crippen LogP contribution in [0.25, 0.3) is 0 Å². The molecule has 0 saturated heterocycles. The van der Waals surface area contributed by atoms with E-state index in [0.29, 0.717) is 0 Å². The molecule has 0 saturated carbocycles. The van der Waals surface area contributed by atoms with Gasteiger partial charge in [0.1, 0.15) is 0 Å². The second-order valence-corrected chi connectivity index (χ2v) is 0.650. The molecular formula is C3H4NO2+. The van der Waals surface area contributed by atoms with Crippen molar-refractivity contribution < 1.29 is 9.90 Å². The van der Waals surface area contributed by atoms with E-state index in [1.54, 1.807) is 0 Å². The van der Waals surface area contributed by atoms with Gasteiger partial charge in [-0.15, -0.1) is 4.67 Å². The summed E-state index contributed by atoms with van der Waals surface area (Å²) in [5.74, 6) is -1.06. The first-order valence-electron chi connectivity index (χ1n) is 1.29. The van der Waals surface area contributed by atoms with Crippen molar-refractivity contribution in [1.82, 2.24) is 4.67 Å². The molecule has 0 rings (SSSR count). The zero-order valence-corrected chi connectivity index (χ0v) is 3.09. The fourth-order valence-electron chi connectivity index (χ4n) is 0.0781. The predicted octanol–water partition coefficient (Wildman–Crippen LogP) is -1.09. The number of carboxylic acid groups (broad SMARTS) is 1. The number of carbonyl (C=O) groups is 1. The van der Waals surface area contributed by atoms with E-state index in [0.717, 1.165) is 6.21 Å². The molecule has 0 radical (unpaired) electrons. The van der Waals surface area contributed by atoms with Crippen LogP contribution in [0, 0.1) is 0 Å². The van der Waals surface area contributed by atoms with E-state index in [1.165, 1.54) is 0 Å². The van der Waals surface area contributed by atoms with Gasteiger partial charge in [-0.1, -0.05) is 0 Å². The molecule has 0 bridgehead atoms. The summed E-state index contributed by atoms with van der Waals surface area (Å²) in [5, 5.41) is 7.72. The lowest BCUT2D eigenvalue weighted by molar-refractivity contribution is -0.128. The zero-order valence-electron chi connectivity index (χ0n) is 3.09. The Morgan fingerprint density at radius 2 is 2.50 bits per heavy atom. The summed E-state index contributed by atoms with van der Waals surface area (Å²) < 4.78 is 2.96. The molecule has 3 nitrogen and oxygen atoms in total. The average molecular weight is 86.1 g/mol. The predicted molar refractivity (Wildman–Crippen MR) is 23.0 cm³/mol. The van der Waals surface area contributed by atoms with Crippen molar-refractivity contribution in [3.63, 3.8) is 0 Å². The monoisotopic (exact) mass is 86.0 g/mol. The van der Waals surface area contributed by atoms with Gasteiger partial charge in [0.05, 0.1) is 0 Å². The molecule has 3 heteroatoms. The maximum Gasteiger partial charge on any atom is 0.411 e. The van der Waals surface area contributed by atoms with Crippen molar-refractivity contribution in [2.75, 3.05) is 0 Å². The topological polar surface area (TPSA) is 51.4 Å². The van der Waals surface area contributed by atoms with Crippen LogP contribution >= 0.6 is 0 Å². The van der Waals surface area contributed by atoms with Crippen molar-refractivity contribution in [3.05, 3.63) is 0 Å². The van der Waals surface area contributed by atoms with Crippen LogP contribution in [0.5, 0.6) is 0 Å². The number of hydrogen-bond donors (Lipinski definition) is 1. The highest BCUT2D eigenvalue weighted by atomic mass is 16.4. The Kier molecular flexibility index (Phi) is 1.78. The summed E-state index contributed by atoms with van der Waals surface area (Å²) in [7, 11) is 0. The van der Waals surface area contributed by atoms with Crippen LogP contribution in [0.15, 0.2) is 0 Å². The molecular weight excluding hydrogens is 82.0 g/mol. The maximum absolute atomic E-state index is 9.41. The number of carboxylic acids is 1. The molecule has 0 spiro atoms. The molecule has 0 fully saturated rings. The van der Waals surface area contributed by atoms with Crippen LogP contribution < -0.4 is 4.67 Å². The van der Waals surface area contributed by atoms with Crippen molar-refractivity contribution in [2.45, 2.75) is 0 Å². The number of hydrogen-bond acceptors (Lipinski definition) is 1. The first-order chi connectivity index (χ1) is 2.77. The van der Waals surface area contributed by atoms with Gasteiger partial charge in [-0.3, -0.25) is 0 Å². The first kappa shape index (κ1) is 4.92. The molecule has 0 aliphatic rings. The highest BCUT2D eigenvalue weighted by molar-refractivity contribution is 6.21. The Hall–Kier alpha value is -1.08. The van der Waals surface area contributed by atoms with Gasteiger partial charge in [-0.25, -0.2) is 4.79 Å². The smallest absolute Gasteiger partial charge is 0.411 e. The second kappa shape index (κ2) is 2.18. The lowest BCUT2D eigenvalue weighted by atomic mass is 10.8. The molecule has 0 heterocycles. The molecule has 0 aromatic rings. The lowest BCUT2D eigenvalue weighted by Crippen LogP contribution is -1.95. The highest BCUT2D eigenvalue weighted by Gasteiger charge is 1.89. The summed E-state index contributed by atoms with van der Waals surface area (Å²) in [5.41, 5.74) is 0. The second-order valence-electron chi connectivity index (χ2n) is 0.650. The average Bonchev–Trinajstić information content (AvgIpc) is 1.35. The number of nitrogens with zero attached hydrogens (tertiary/aromatic N) is 1. The van der Waals surface area contributed by atoms with Crippen LogP contribution in [0.3, 0.4) is 0 Å². The number of rotatable bonds is 1. The zero-order chi connectivity index (χ0) is 4.99. The van der Waals surface area contributed by atoms with E-state index in [9.17, 15) is 4.79 Å². The minimum atomic E-state index is -1.06. The van der Waals surface area contributed by atoms with Gasteiger partial charge in [0, 0.05) is 0 Å². The van der Waals surface area contributed by atoms with E-state index >= 15 is 0 Å². The van der Waals surface area contributed by atoms with Gasteiger partial charge < -0.3 is 5.11 Å². The summed E-state index contributed by atoms with van der Waals surface area (Å²) in [6, 6.07) is 0. The van der Waals surface area contributed by atoms with E-state index < -0.39 is 5.97 Å². The van der Waals surface area contributed by atoms with E-state index in [2.05, 4.69) is 11.4 Å². The van der Waals surface area contributed by atoms with Crippen molar-refractivity contribution >= 4 is 18.9 Å². The van der Waals surface area contributed by atoms with Crippen molar-refractivity contribution in [1.29, 1.82) is 0 Å². The van der Waals surface area contributed by atoms with Gasteiger partial charge in [0.25, 0.3) is 6.72 Å². The Balaban J connectivity index is 3.60. The van der Waals surface area contributed by atoms with Gasteiger partial charge in [0.15, 0.2) is 0 Å². The third kappa shape index (κ3) is 2.92. The molecule has 0 atom stereocenters. The quantitative estimate of drug-likeness (QED) is 0.325. The minimum absolute atomic E-state index is 0.722. The number of aliphatic carboxylic acids is 1. The Morgan fingerprint density at radius 1 is 2.00 bits per heavy atom. The first-order valence-corrected chi connectivity index (χ1v) is 1.29. The summed E-state index contributed by atoms with van der Waals surface area (Å²) in [6.45, 7) is 2.91. The molecule has 0 aliphatic carbocycles. The molecule has 32 valence electrons. The van der Waals surface area contributed by atoms with Gasteiger partial charge in [-0.05, 0) is 0 Å². The van der Waals surface area contributed by atoms with Gasteiger partial charge in [0.2, 0.25) is 0 Å². The standard InChI is InChI=1S/C3H3NO2/c1-4-2-3(5)6/h2H,1H2/p+1. The molecule has 0 aliphatic heterocycles. The van der Waals surface area contributed by atoms with Crippen molar-refractivity contribution in [3.8, 4) is 0 Å². The third-order valence-corrected chi connectivity index (χ3v) is 0.202. The highest BCUT2D eigenvalue weighted by Crippen LogP contribution is 1.39. The molecule has 0 amide bonds. The SMILES string of the molecule is C=[N+]=CC(=O)O. The fourth-order valence-corrected chi connectivity index (χ4v) is 0.0781. The van der Waals surface area contributed by atoms with E-state index in [4.69, 9.17) is 5.11 Å². The fraction of sp³-hybridized carbons (Fsp3) is 0. The van der Waals surface area contributed by atoms with E-state index in [1.807, 2.05) is 0 Å². The van der Waals surface area contributed by atoms with Crippen molar-refractivity contribution in [2.24, 2.45) is 0 Å². The van der Waals surface area contributed by atoms with Crippen LogP contribution in [-0.4, -0.2) is 24.0 Å². The Bertz CT molecular complexity index is 101. The van der Waals surface area contributed by atoms with Crippen LogP contribution in [0.2, 0.25) is 0 Å². The van der Waals surface area contributed by atoms with Gasteiger partial charge in [-0.2, -0.15) is 0 Å². The lowest BCUT2D eigenvalue weighted by Gasteiger charge is -1.55. The van der Waals surface area contributed by atoms with Gasteiger partial charge >= 0.3 is 12.2 Å². The molecule has 0 aromatic carbocycles. The molecule has 1 N–H and O–H groups in total. The third-order valence-electron chi connectivity index (χ3n) is 0.202. The summed E-state index contributed by atoms with van der Waals surface area (Å²) in [6.07, 6.45) is 0.722. The van der Waals surface area contributed by atoms with E-state index in [-0.39, 0.29) is 0 Å². The largest absolute Gasteiger partial charge is 0.473 e. The Labute approximate surface area is 34.7 Å². The molecule has 0 unspecified atom stereocenters. The Morgan fingerprint density at radius 3 is 2.50 bits per heavy atom. The normalized spacial score (nSPS) is 6.00. The van der Waals surface area contributed by atoms with Crippen LogP contribution in [0.1, 0.15) is 0 Å². The minimum Gasteiger partial charge on any atom is -0.473 e. The summed E-state index contributed by atoms with van der Waals surface area (Å²) in [4.78, 5) is 9.41. The maximum atomic E-state index is 9.41. The van der Waals surface area contributed by atoms with Crippen LogP contribution in [0.4, 0.5) is 0 Å². The summed E-state index contributed by atoms with van der Waals surface area (Å²) >= 11 is 0. The molecule has 6 heavy (non-hydrogen) atoms.